The van der Waals surface area contributed by atoms with E-state index >= 15 is 0 Å². The summed E-state index contributed by atoms with van der Waals surface area (Å²) in [6.45, 7) is 2.07. The van der Waals surface area contributed by atoms with Gasteiger partial charge in [0.1, 0.15) is 13.2 Å². The molecule has 1 N–H and O–H groups in total. The number of nitrogens with zero attached hydrogens (tertiary/aromatic N) is 1. The minimum Gasteiger partial charge on any atom is -0.486 e. The predicted molar refractivity (Wildman–Crippen MR) is 73.7 cm³/mol. The van der Waals surface area contributed by atoms with Gasteiger partial charge in [0, 0.05) is 11.8 Å². The van der Waals surface area contributed by atoms with Crippen molar-refractivity contribution in [1.29, 1.82) is 0 Å². The molecule has 2 aliphatic rings. The predicted octanol–water partition coefficient (Wildman–Crippen LogP) is 2.49. The molecule has 23 heavy (non-hydrogen) atoms. The lowest BCUT2D eigenvalue weighted by atomic mass is 9.98. The Morgan fingerprint density at radius 1 is 1.26 bits per heavy atom. The molecule has 1 aromatic rings. The van der Waals surface area contributed by atoms with Crippen LogP contribution in [0.5, 0.6) is 11.5 Å². The standard InChI is InChI=1S/C14H13F3N2O4/c1-13(7-11(19-23-13)14(15,16)17)12(20)18-8-2-3-9-10(6-8)22-5-4-21-9/h2-3,6H,4-5,7H2,1H3,(H,18,20). The Kier molecular flexibility index (Phi) is 3.57. The third-order valence-corrected chi connectivity index (χ3v) is 3.47. The van der Waals surface area contributed by atoms with E-state index in [1.807, 2.05) is 0 Å². The van der Waals surface area contributed by atoms with Crippen LogP contribution in [0.25, 0.3) is 0 Å². The fraction of sp³-hybridized carbons (Fsp3) is 0.429. The number of carbonyl (C=O) groups is 1. The molecule has 0 radical (unpaired) electrons. The van der Waals surface area contributed by atoms with Crippen LogP contribution in [0.2, 0.25) is 0 Å². The van der Waals surface area contributed by atoms with Crippen molar-refractivity contribution < 1.29 is 32.3 Å². The molecule has 124 valence electrons. The van der Waals surface area contributed by atoms with E-state index in [1.54, 1.807) is 12.1 Å². The number of carbonyl (C=O) groups excluding carboxylic acids is 1. The number of amides is 1. The van der Waals surface area contributed by atoms with E-state index in [4.69, 9.17) is 14.3 Å². The van der Waals surface area contributed by atoms with Gasteiger partial charge in [-0.05, 0) is 19.1 Å². The Morgan fingerprint density at radius 2 is 1.96 bits per heavy atom. The van der Waals surface area contributed by atoms with Crippen LogP contribution in [0, 0.1) is 0 Å². The third-order valence-electron chi connectivity index (χ3n) is 3.47. The highest BCUT2D eigenvalue weighted by atomic mass is 19.4. The highest BCUT2D eigenvalue weighted by Crippen LogP contribution is 2.35. The minimum absolute atomic E-state index is 0.365. The number of oxime groups is 1. The van der Waals surface area contributed by atoms with E-state index < -0.39 is 29.8 Å². The Labute approximate surface area is 129 Å². The third kappa shape index (κ3) is 3.03. The molecule has 2 heterocycles. The van der Waals surface area contributed by atoms with Gasteiger partial charge in [-0.1, -0.05) is 5.16 Å². The van der Waals surface area contributed by atoms with Crippen molar-refractivity contribution in [1.82, 2.24) is 0 Å². The smallest absolute Gasteiger partial charge is 0.432 e. The normalized spacial score (nSPS) is 23.0. The molecule has 1 atom stereocenters. The Bertz CT molecular complexity index is 674. The molecule has 2 aliphatic heterocycles. The molecular weight excluding hydrogens is 317 g/mol. The zero-order valence-corrected chi connectivity index (χ0v) is 12.1. The second-order valence-electron chi connectivity index (χ2n) is 5.35. The van der Waals surface area contributed by atoms with Gasteiger partial charge in [-0.15, -0.1) is 0 Å². The van der Waals surface area contributed by atoms with Gasteiger partial charge in [0.25, 0.3) is 5.91 Å². The highest BCUT2D eigenvalue weighted by Gasteiger charge is 2.50. The number of nitrogens with one attached hydrogen (secondary N) is 1. The van der Waals surface area contributed by atoms with E-state index in [0.29, 0.717) is 30.4 Å². The summed E-state index contributed by atoms with van der Waals surface area (Å²) in [6.07, 6.45) is -5.26. The SMILES string of the molecule is CC1(C(=O)Nc2ccc3c(c2)OCCO3)CC(C(F)(F)F)=NO1. The number of alkyl halides is 3. The summed E-state index contributed by atoms with van der Waals surface area (Å²) in [6, 6.07) is 4.71. The van der Waals surface area contributed by atoms with Crippen molar-refractivity contribution >= 4 is 17.3 Å². The maximum absolute atomic E-state index is 12.6. The van der Waals surface area contributed by atoms with Gasteiger partial charge >= 0.3 is 6.18 Å². The van der Waals surface area contributed by atoms with Gasteiger partial charge < -0.3 is 19.6 Å². The van der Waals surface area contributed by atoms with Gasteiger partial charge in [0.05, 0.1) is 6.42 Å². The number of hydrogen-bond acceptors (Lipinski definition) is 5. The number of fused-ring (bicyclic) bond motifs is 1. The number of hydrogen-bond donors (Lipinski definition) is 1. The average Bonchev–Trinajstić information content (AvgIpc) is 2.91. The molecule has 3 rings (SSSR count). The summed E-state index contributed by atoms with van der Waals surface area (Å²) in [5.74, 6) is 0.274. The molecule has 9 heteroatoms. The summed E-state index contributed by atoms with van der Waals surface area (Å²) in [5, 5.41) is 5.49. The first-order valence-corrected chi connectivity index (χ1v) is 6.81. The topological polar surface area (TPSA) is 69.2 Å². The van der Waals surface area contributed by atoms with Crippen LogP contribution in [-0.2, 0) is 9.63 Å². The first-order chi connectivity index (χ1) is 10.8. The second-order valence-corrected chi connectivity index (χ2v) is 5.35. The summed E-state index contributed by atoms with van der Waals surface area (Å²) >= 11 is 0. The molecule has 0 saturated heterocycles. The molecule has 1 aromatic carbocycles. The largest absolute Gasteiger partial charge is 0.486 e. The highest BCUT2D eigenvalue weighted by molar-refractivity contribution is 6.03. The van der Waals surface area contributed by atoms with Crippen LogP contribution in [0.1, 0.15) is 13.3 Å². The fourth-order valence-corrected chi connectivity index (χ4v) is 2.20. The molecule has 0 bridgehead atoms. The summed E-state index contributed by atoms with van der Waals surface area (Å²) < 4.78 is 48.6. The summed E-state index contributed by atoms with van der Waals surface area (Å²) in [5.41, 5.74) is -2.46. The molecule has 1 unspecified atom stereocenters. The monoisotopic (exact) mass is 330 g/mol. The maximum atomic E-state index is 12.6. The van der Waals surface area contributed by atoms with Gasteiger partial charge in [0.2, 0.25) is 5.60 Å². The average molecular weight is 330 g/mol. The van der Waals surface area contributed by atoms with Gasteiger partial charge in [-0.2, -0.15) is 13.2 Å². The van der Waals surface area contributed by atoms with E-state index in [1.165, 1.54) is 13.0 Å². The van der Waals surface area contributed by atoms with Crippen LogP contribution in [0.15, 0.2) is 23.4 Å². The number of halogens is 3. The lowest BCUT2D eigenvalue weighted by molar-refractivity contribution is -0.135. The van der Waals surface area contributed by atoms with E-state index in [2.05, 4.69) is 10.5 Å². The van der Waals surface area contributed by atoms with Crippen molar-refractivity contribution in [3.63, 3.8) is 0 Å². The Balaban J connectivity index is 1.70. The first-order valence-electron chi connectivity index (χ1n) is 6.81. The van der Waals surface area contributed by atoms with Crippen LogP contribution >= 0.6 is 0 Å². The molecule has 0 aliphatic carbocycles. The van der Waals surface area contributed by atoms with E-state index in [-0.39, 0.29) is 0 Å². The van der Waals surface area contributed by atoms with Gasteiger partial charge in [-0.3, -0.25) is 4.79 Å². The van der Waals surface area contributed by atoms with Crippen LogP contribution < -0.4 is 14.8 Å². The summed E-state index contributed by atoms with van der Waals surface area (Å²) in [7, 11) is 0. The second kappa shape index (κ2) is 5.32. The lowest BCUT2D eigenvalue weighted by Gasteiger charge is -2.22. The number of anilines is 1. The molecule has 6 nitrogen and oxygen atoms in total. The number of ether oxygens (including phenoxy) is 2. The molecule has 0 fully saturated rings. The van der Waals surface area contributed by atoms with Crippen molar-refractivity contribution in [2.45, 2.75) is 25.1 Å². The quantitative estimate of drug-likeness (QED) is 0.904. The summed E-state index contributed by atoms with van der Waals surface area (Å²) in [4.78, 5) is 17.0. The molecule has 0 aromatic heterocycles. The van der Waals surface area contributed by atoms with Crippen LogP contribution in [0.3, 0.4) is 0 Å². The Hall–Kier alpha value is -2.45. The van der Waals surface area contributed by atoms with Crippen molar-refractivity contribution in [3.8, 4) is 11.5 Å². The van der Waals surface area contributed by atoms with Gasteiger partial charge in [-0.25, -0.2) is 0 Å². The van der Waals surface area contributed by atoms with Crippen molar-refractivity contribution in [2.75, 3.05) is 18.5 Å². The molecular formula is C14H13F3N2O4. The number of rotatable bonds is 2. The van der Waals surface area contributed by atoms with Crippen LogP contribution in [0.4, 0.5) is 18.9 Å². The number of benzene rings is 1. The molecule has 1 amide bonds. The maximum Gasteiger partial charge on any atom is 0.432 e. The molecule has 0 saturated carbocycles. The lowest BCUT2D eigenvalue weighted by Crippen LogP contribution is -2.41. The van der Waals surface area contributed by atoms with Crippen molar-refractivity contribution in [2.24, 2.45) is 5.16 Å². The zero-order valence-electron chi connectivity index (χ0n) is 12.1. The zero-order chi connectivity index (χ0) is 16.7. The minimum atomic E-state index is -4.62. The Morgan fingerprint density at radius 3 is 2.61 bits per heavy atom. The van der Waals surface area contributed by atoms with Crippen LogP contribution in [-0.4, -0.2) is 36.6 Å². The first kappa shape index (κ1) is 15.4. The molecule has 0 spiro atoms. The van der Waals surface area contributed by atoms with Gasteiger partial charge in [0.15, 0.2) is 17.2 Å². The van der Waals surface area contributed by atoms with E-state index in [9.17, 15) is 18.0 Å². The fourth-order valence-electron chi connectivity index (χ4n) is 2.20. The van der Waals surface area contributed by atoms with Crippen molar-refractivity contribution in [3.05, 3.63) is 18.2 Å². The van der Waals surface area contributed by atoms with E-state index in [0.717, 1.165) is 0 Å².